The number of carbonyl (C=O) groups excluding carboxylic acids is 1. The predicted octanol–water partition coefficient (Wildman–Crippen LogP) is 3.29. The molecule has 6 heteroatoms. The van der Waals surface area contributed by atoms with Crippen molar-refractivity contribution in [3.8, 4) is 0 Å². The molecular formula is C17H25BrN2O3. The molecule has 128 valence electrons. The maximum absolute atomic E-state index is 12.2. The molecular weight excluding hydrogens is 360 g/mol. The van der Waals surface area contributed by atoms with Crippen LogP contribution in [0.3, 0.4) is 0 Å². The van der Waals surface area contributed by atoms with Crippen molar-refractivity contribution in [2.24, 2.45) is 5.41 Å². The third-order valence-electron chi connectivity index (χ3n) is 3.91. The first-order valence-corrected chi connectivity index (χ1v) is 8.63. The molecule has 1 fully saturated rings. The average molecular weight is 385 g/mol. The zero-order chi connectivity index (χ0) is 17.5. The summed E-state index contributed by atoms with van der Waals surface area (Å²) in [5.41, 5.74) is 3.10. The monoisotopic (exact) mass is 384 g/mol. The quantitative estimate of drug-likeness (QED) is 0.806. The van der Waals surface area contributed by atoms with Crippen molar-refractivity contribution in [2.75, 3.05) is 18.0 Å². The van der Waals surface area contributed by atoms with Crippen LogP contribution in [0.1, 0.15) is 50.8 Å². The Hall–Kier alpha value is -1.14. The second kappa shape index (κ2) is 6.40. The third-order valence-corrected chi connectivity index (χ3v) is 4.86. The first kappa shape index (κ1) is 18.2. The molecule has 0 amide bonds. The van der Waals surface area contributed by atoms with Crippen molar-refractivity contribution in [3.63, 3.8) is 0 Å². The Bertz CT molecular complexity index is 621. The van der Waals surface area contributed by atoms with Crippen LogP contribution in [-0.2, 0) is 9.53 Å². The molecule has 0 spiro atoms. The molecule has 0 aliphatic carbocycles. The molecule has 23 heavy (non-hydrogen) atoms. The summed E-state index contributed by atoms with van der Waals surface area (Å²) in [6.45, 7) is 13.4. The number of aliphatic hydroxyl groups is 1. The van der Waals surface area contributed by atoms with Gasteiger partial charge >= 0.3 is 5.97 Å². The summed E-state index contributed by atoms with van der Waals surface area (Å²) in [5, 5.41) is 10.6. The number of esters is 1. The highest BCUT2D eigenvalue weighted by Crippen LogP contribution is 2.43. The van der Waals surface area contributed by atoms with Crippen molar-refractivity contribution >= 4 is 27.6 Å². The van der Waals surface area contributed by atoms with E-state index in [0.717, 1.165) is 28.9 Å². The molecule has 2 rings (SSSR count). The molecule has 1 N–H and O–H groups in total. The van der Waals surface area contributed by atoms with Crippen molar-refractivity contribution in [1.82, 2.24) is 4.98 Å². The number of halogens is 1. The van der Waals surface area contributed by atoms with Crippen LogP contribution in [-0.4, -0.2) is 35.3 Å². The highest BCUT2D eigenvalue weighted by Gasteiger charge is 2.39. The first-order chi connectivity index (χ1) is 10.5. The van der Waals surface area contributed by atoms with Gasteiger partial charge in [0, 0.05) is 24.3 Å². The van der Waals surface area contributed by atoms with E-state index in [1.807, 2.05) is 13.8 Å². The maximum Gasteiger partial charge on any atom is 0.340 e. The van der Waals surface area contributed by atoms with Gasteiger partial charge in [0.15, 0.2) is 6.10 Å². The summed E-state index contributed by atoms with van der Waals surface area (Å²) < 4.78 is 5.99. The molecule has 1 atom stereocenters. The van der Waals surface area contributed by atoms with Crippen molar-refractivity contribution < 1.29 is 14.6 Å². The summed E-state index contributed by atoms with van der Waals surface area (Å²) in [6, 6.07) is 0. The average Bonchev–Trinajstić information content (AvgIpc) is 2.38. The number of pyridine rings is 1. The molecule has 1 aliphatic heterocycles. The number of aromatic nitrogens is 1. The topological polar surface area (TPSA) is 62.7 Å². The van der Waals surface area contributed by atoms with Gasteiger partial charge in [-0.2, -0.15) is 0 Å². The Balaban J connectivity index is 2.46. The summed E-state index contributed by atoms with van der Waals surface area (Å²) in [7, 11) is 0. The van der Waals surface area contributed by atoms with Gasteiger partial charge < -0.3 is 14.7 Å². The van der Waals surface area contributed by atoms with Crippen molar-refractivity contribution in [1.29, 1.82) is 0 Å². The van der Waals surface area contributed by atoms with Gasteiger partial charge in [-0.15, -0.1) is 0 Å². The van der Waals surface area contributed by atoms with Gasteiger partial charge in [-0.1, -0.05) is 13.8 Å². The van der Waals surface area contributed by atoms with E-state index in [1.165, 1.54) is 0 Å². The molecule has 0 radical (unpaired) electrons. The Kier molecular flexibility index (Phi) is 5.06. The van der Waals surface area contributed by atoms with Gasteiger partial charge in [0.1, 0.15) is 0 Å². The van der Waals surface area contributed by atoms with Crippen LogP contribution >= 0.6 is 15.9 Å². The first-order valence-electron chi connectivity index (χ1n) is 7.83. The van der Waals surface area contributed by atoms with Gasteiger partial charge in [-0.3, -0.25) is 4.98 Å². The molecule has 0 aromatic carbocycles. The van der Waals surface area contributed by atoms with E-state index in [9.17, 15) is 9.90 Å². The van der Waals surface area contributed by atoms with E-state index in [-0.39, 0.29) is 11.5 Å². The van der Waals surface area contributed by atoms with E-state index >= 15 is 0 Å². The molecule has 1 aliphatic rings. The minimum Gasteiger partial charge on any atom is -0.461 e. The lowest BCUT2D eigenvalue weighted by Gasteiger charge is -2.48. The number of aliphatic hydroxyl groups excluding tert-OH is 1. The lowest BCUT2D eigenvalue weighted by atomic mass is 9.83. The summed E-state index contributed by atoms with van der Waals surface area (Å²) in [4.78, 5) is 18.8. The second-order valence-corrected chi connectivity index (χ2v) is 8.06. The summed E-state index contributed by atoms with van der Waals surface area (Å²) in [6.07, 6.45) is -1.61. The van der Waals surface area contributed by atoms with E-state index < -0.39 is 12.1 Å². The van der Waals surface area contributed by atoms with E-state index in [1.54, 1.807) is 13.8 Å². The molecule has 0 saturated carbocycles. The fourth-order valence-electron chi connectivity index (χ4n) is 3.02. The summed E-state index contributed by atoms with van der Waals surface area (Å²) >= 11 is 3.58. The largest absolute Gasteiger partial charge is 0.461 e. The smallest absolute Gasteiger partial charge is 0.340 e. The molecule has 2 heterocycles. The van der Waals surface area contributed by atoms with Crippen LogP contribution in [0, 0.1) is 19.3 Å². The van der Waals surface area contributed by atoms with Gasteiger partial charge in [0.25, 0.3) is 0 Å². The third kappa shape index (κ3) is 3.69. The Morgan fingerprint density at radius 2 is 1.87 bits per heavy atom. The number of carbonyl (C=O) groups is 1. The number of hydrogen-bond acceptors (Lipinski definition) is 5. The normalized spacial score (nSPS) is 17.9. The molecule has 0 unspecified atom stereocenters. The van der Waals surface area contributed by atoms with Crippen LogP contribution in [0.2, 0.25) is 0 Å². The molecule has 1 aromatic rings. The lowest BCUT2D eigenvalue weighted by Crippen LogP contribution is -2.53. The zero-order valence-corrected chi connectivity index (χ0v) is 16.2. The van der Waals surface area contributed by atoms with E-state index in [4.69, 9.17) is 4.74 Å². The predicted molar refractivity (Wildman–Crippen MR) is 93.6 cm³/mol. The lowest BCUT2D eigenvalue weighted by molar-refractivity contribution is -0.157. The van der Waals surface area contributed by atoms with Crippen LogP contribution in [0.25, 0.3) is 0 Å². The van der Waals surface area contributed by atoms with Crippen LogP contribution < -0.4 is 4.90 Å². The number of aryl methyl sites for hydroxylation is 2. The van der Waals surface area contributed by atoms with Gasteiger partial charge in [-0.05, 0) is 49.0 Å². The minimum atomic E-state index is -1.33. The van der Waals surface area contributed by atoms with Crippen LogP contribution in [0.4, 0.5) is 5.69 Å². The molecule has 5 nitrogen and oxygen atoms in total. The number of nitrogens with zero attached hydrogens (tertiary/aromatic N) is 2. The van der Waals surface area contributed by atoms with Crippen molar-refractivity contribution in [3.05, 3.63) is 21.4 Å². The number of ether oxygens (including phenoxy) is 1. The van der Waals surface area contributed by atoms with Crippen LogP contribution in [0.5, 0.6) is 0 Å². The molecule has 1 saturated heterocycles. The summed E-state index contributed by atoms with van der Waals surface area (Å²) in [5.74, 6) is -0.637. The second-order valence-electron chi connectivity index (χ2n) is 7.27. The SMILES string of the molecule is Cc1nc(C)c([C@H](O)C(=O)OC(C)C)c(N2CC(C)(C)C2)c1Br. The Morgan fingerprint density at radius 3 is 2.35 bits per heavy atom. The van der Waals surface area contributed by atoms with Gasteiger partial charge in [0.05, 0.1) is 22.0 Å². The highest BCUT2D eigenvalue weighted by atomic mass is 79.9. The number of anilines is 1. The number of hydrogen-bond donors (Lipinski definition) is 1. The fourth-order valence-corrected chi connectivity index (χ4v) is 3.57. The molecule has 1 aromatic heterocycles. The van der Waals surface area contributed by atoms with Crippen LogP contribution in [0.15, 0.2) is 4.47 Å². The zero-order valence-electron chi connectivity index (χ0n) is 14.6. The highest BCUT2D eigenvalue weighted by molar-refractivity contribution is 9.10. The van der Waals surface area contributed by atoms with E-state index in [0.29, 0.717) is 11.3 Å². The number of rotatable bonds is 4. The van der Waals surface area contributed by atoms with Gasteiger partial charge in [0.2, 0.25) is 0 Å². The minimum absolute atomic E-state index is 0.227. The molecule has 0 bridgehead atoms. The standard InChI is InChI=1S/C17H25BrN2O3/c1-9(2)23-16(22)15(21)12-10(3)19-11(4)13(18)14(12)20-7-17(5,6)8-20/h9,15,21H,7-8H2,1-6H3/t15-/m0/s1. The van der Waals surface area contributed by atoms with Crippen molar-refractivity contribution in [2.45, 2.75) is 53.8 Å². The fraction of sp³-hybridized carbons (Fsp3) is 0.647. The Labute approximate surface area is 146 Å². The maximum atomic E-state index is 12.2. The van der Waals surface area contributed by atoms with Gasteiger partial charge in [-0.25, -0.2) is 4.79 Å². The van der Waals surface area contributed by atoms with E-state index in [2.05, 4.69) is 39.7 Å². The Morgan fingerprint density at radius 1 is 1.30 bits per heavy atom.